The van der Waals surface area contributed by atoms with E-state index in [1.807, 2.05) is 0 Å². The van der Waals surface area contributed by atoms with Gasteiger partial charge in [0.05, 0.1) is 26.2 Å². The first-order valence-electron chi connectivity index (χ1n) is 9.42. The van der Waals surface area contributed by atoms with Crippen LogP contribution in [-0.2, 0) is 14.3 Å². The van der Waals surface area contributed by atoms with Crippen LogP contribution in [-0.4, -0.2) is 18.0 Å². The standard InChI is InChI=1S/C20H22Cl3NO3/c1-10(18(25)24-17-6-15(22)14(21)5-16(17)23)27-19(26)20-7-11-2-12(8-20)4-13(3-11)9-20/h5-6,10-13H,2-4,7-9H2,1H3,(H,24,25)/t10-,11?,12?,13?,20?/m1/s1. The van der Waals surface area contributed by atoms with Gasteiger partial charge in [-0.3, -0.25) is 9.59 Å². The molecule has 146 valence electrons. The van der Waals surface area contributed by atoms with E-state index in [-0.39, 0.29) is 21.4 Å². The molecule has 0 radical (unpaired) electrons. The van der Waals surface area contributed by atoms with Crippen LogP contribution in [0.3, 0.4) is 0 Å². The molecule has 4 fully saturated rings. The Labute approximate surface area is 173 Å². The molecule has 1 N–H and O–H groups in total. The highest BCUT2D eigenvalue weighted by molar-refractivity contribution is 6.44. The van der Waals surface area contributed by atoms with E-state index in [0.29, 0.717) is 28.5 Å². The van der Waals surface area contributed by atoms with Crippen molar-refractivity contribution < 1.29 is 14.3 Å². The van der Waals surface area contributed by atoms with Crippen molar-refractivity contribution in [2.24, 2.45) is 23.2 Å². The number of hydrogen-bond donors (Lipinski definition) is 1. The highest BCUT2D eigenvalue weighted by Gasteiger charge is 2.55. The Morgan fingerprint density at radius 3 is 2.07 bits per heavy atom. The summed E-state index contributed by atoms with van der Waals surface area (Å²) in [7, 11) is 0. The fraction of sp³-hybridized carbons (Fsp3) is 0.600. The van der Waals surface area contributed by atoms with Crippen LogP contribution in [0.1, 0.15) is 45.4 Å². The molecule has 1 atom stereocenters. The first-order chi connectivity index (χ1) is 12.8. The maximum atomic E-state index is 13.0. The van der Waals surface area contributed by atoms with Gasteiger partial charge in [0.25, 0.3) is 5.91 Å². The highest BCUT2D eigenvalue weighted by atomic mass is 35.5. The third-order valence-corrected chi connectivity index (χ3v) is 7.43. The minimum Gasteiger partial charge on any atom is -0.452 e. The van der Waals surface area contributed by atoms with Crippen molar-refractivity contribution in [3.05, 3.63) is 27.2 Å². The first kappa shape index (κ1) is 19.4. The number of nitrogens with one attached hydrogen (secondary N) is 1. The fourth-order valence-corrected chi connectivity index (χ4v) is 6.15. The summed E-state index contributed by atoms with van der Waals surface area (Å²) in [5.74, 6) is 1.27. The molecule has 4 bridgehead atoms. The van der Waals surface area contributed by atoms with Crippen molar-refractivity contribution in [1.29, 1.82) is 0 Å². The minimum absolute atomic E-state index is 0.218. The van der Waals surface area contributed by atoms with Gasteiger partial charge >= 0.3 is 5.97 Å². The average molecular weight is 431 g/mol. The second-order valence-electron chi connectivity index (χ2n) is 8.48. The average Bonchev–Trinajstić information content (AvgIpc) is 2.58. The zero-order valence-corrected chi connectivity index (χ0v) is 17.3. The molecule has 4 aliphatic rings. The number of rotatable bonds is 4. The maximum absolute atomic E-state index is 13.0. The van der Waals surface area contributed by atoms with Crippen LogP contribution < -0.4 is 5.32 Å². The van der Waals surface area contributed by atoms with E-state index in [4.69, 9.17) is 39.5 Å². The molecule has 0 unspecified atom stereocenters. The number of esters is 1. The van der Waals surface area contributed by atoms with Gasteiger partial charge in [-0.15, -0.1) is 0 Å². The monoisotopic (exact) mass is 429 g/mol. The van der Waals surface area contributed by atoms with Gasteiger partial charge in [-0.2, -0.15) is 0 Å². The number of ether oxygens (including phenoxy) is 1. The number of anilines is 1. The van der Waals surface area contributed by atoms with Gasteiger partial charge in [0.2, 0.25) is 0 Å². The summed E-state index contributed by atoms with van der Waals surface area (Å²) in [5, 5.41) is 3.53. The molecule has 0 spiro atoms. The quantitative estimate of drug-likeness (QED) is 0.490. The number of benzene rings is 1. The zero-order valence-electron chi connectivity index (χ0n) is 15.1. The van der Waals surface area contributed by atoms with Crippen molar-refractivity contribution in [2.45, 2.75) is 51.6 Å². The van der Waals surface area contributed by atoms with Crippen molar-refractivity contribution in [1.82, 2.24) is 0 Å². The summed E-state index contributed by atoms with van der Waals surface area (Å²) in [6.45, 7) is 1.58. The van der Waals surface area contributed by atoms with Crippen molar-refractivity contribution in [3.8, 4) is 0 Å². The van der Waals surface area contributed by atoms with E-state index in [1.54, 1.807) is 6.92 Å². The van der Waals surface area contributed by atoms with E-state index < -0.39 is 12.0 Å². The van der Waals surface area contributed by atoms with E-state index in [2.05, 4.69) is 5.32 Å². The van der Waals surface area contributed by atoms with Crippen LogP contribution in [0.5, 0.6) is 0 Å². The third kappa shape index (κ3) is 3.68. The molecule has 0 aliphatic heterocycles. The first-order valence-corrected chi connectivity index (χ1v) is 10.6. The zero-order chi connectivity index (χ0) is 19.3. The molecule has 4 aliphatic carbocycles. The number of carbonyl (C=O) groups is 2. The lowest BCUT2D eigenvalue weighted by atomic mass is 9.49. The molecule has 0 heterocycles. The van der Waals surface area contributed by atoms with Crippen LogP contribution in [0.4, 0.5) is 5.69 Å². The van der Waals surface area contributed by atoms with Crippen LogP contribution in [0.2, 0.25) is 15.1 Å². The van der Waals surface area contributed by atoms with Gasteiger partial charge in [0.15, 0.2) is 6.10 Å². The number of amides is 1. The Morgan fingerprint density at radius 2 is 1.52 bits per heavy atom. The van der Waals surface area contributed by atoms with Crippen LogP contribution in [0.25, 0.3) is 0 Å². The summed E-state index contributed by atoms with van der Waals surface area (Å²) in [4.78, 5) is 25.5. The summed E-state index contributed by atoms with van der Waals surface area (Å²) in [5.41, 5.74) is -0.0430. The van der Waals surface area contributed by atoms with E-state index >= 15 is 0 Å². The van der Waals surface area contributed by atoms with Gasteiger partial charge in [-0.1, -0.05) is 34.8 Å². The normalized spacial score (nSPS) is 32.2. The third-order valence-electron chi connectivity index (χ3n) is 6.39. The Morgan fingerprint density at radius 1 is 1.00 bits per heavy atom. The van der Waals surface area contributed by atoms with Crippen molar-refractivity contribution >= 4 is 52.4 Å². The van der Waals surface area contributed by atoms with Gasteiger partial charge < -0.3 is 10.1 Å². The molecule has 4 saturated carbocycles. The second-order valence-corrected chi connectivity index (χ2v) is 9.70. The largest absolute Gasteiger partial charge is 0.452 e. The van der Waals surface area contributed by atoms with Crippen LogP contribution in [0, 0.1) is 23.2 Å². The predicted octanol–water partition coefficient (Wildman–Crippen LogP) is 5.73. The minimum atomic E-state index is -0.906. The number of halogens is 3. The van der Waals surface area contributed by atoms with Crippen LogP contribution >= 0.6 is 34.8 Å². The summed E-state index contributed by atoms with van der Waals surface area (Å²) < 4.78 is 5.61. The Balaban J connectivity index is 1.41. The molecule has 7 heteroatoms. The fourth-order valence-electron chi connectivity index (χ4n) is 5.55. The predicted molar refractivity (Wildman–Crippen MR) is 106 cm³/mol. The smallest absolute Gasteiger partial charge is 0.312 e. The van der Waals surface area contributed by atoms with Crippen LogP contribution in [0.15, 0.2) is 12.1 Å². The van der Waals surface area contributed by atoms with E-state index in [0.717, 1.165) is 19.3 Å². The Kier molecular flexibility index (Phi) is 5.11. The molecule has 0 aromatic heterocycles. The van der Waals surface area contributed by atoms with Crippen molar-refractivity contribution in [2.75, 3.05) is 5.32 Å². The van der Waals surface area contributed by atoms with E-state index in [1.165, 1.54) is 31.4 Å². The molecule has 5 rings (SSSR count). The molecule has 27 heavy (non-hydrogen) atoms. The Hall–Kier alpha value is -0.970. The molecular weight excluding hydrogens is 409 g/mol. The molecule has 1 aromatic rings. The number of hydrogen-bond acceptors (Lipinski definition) is 3. The lowest BCUT2D eigenvalue weighted by Crippen LogP contribution is -2.51. The van der Waals surface area contributed by atoms with E-state index in [9.17, 15) is 9.59 Å². The van der Waals surface area contributed by atoms with Crippen molar-refractivity contribution in [3.63, 3.8) is 0 Å². The van der Waals surface area contributed by atoms with Gasteiger partial charge in [0.1, 0.15) is 0 Å². The summed E-state index contributed by atoms with van der Waals surface area (Å²) >= 11 is 18.0. The molecular formula is C20H22Cl3NO3. The van der Waals surface area contributed by atoms with Gasteiger partial charge in [-0.05, 0) is 75.3 Å². The SMILES string of the molecule is C[C@@H](OC(=O)C12CC3CC(CC(C3)C1)C2)C(=O)Nc1cc(Cl)c(Cl)cc1Cl. The second kappa shape index (κ2) is 7.13. The highest BCUT2D eigenvalue weighted by Crippen LogP contribution is 2.60. The molecule has 1 aromatic carbocycles. The van der Waals surface area contributed by atoms with Gasteiger partial charge in [-0.25, -0.2) is 0 Å². The lowest BCUT2D eigenvalue weighted by molar-refractivity contribution is -0.177. The summed E-state index contributed by atoms with van der Waals surface area (Å²) in [6, 6.07) is 2.95. The molecule has 4 nitrogen and oxygen atoms in total. The lowest BCUT2D eigenvalue weighted by Gasteiger charge is -2.55. The topological polar surface area (TPSA) is 55.4 Å². The van der Waals surface area contributed by atoms with Gasteiger partial charge in [0, 0.05) is 0 Å². The summed E-state index contributed by atoms with van der Waals surface area (Å²) in [6.07, 6.45) is 5.56. The number of carbonyl (C=O) groups excluding carboxylic acids is 2. The molecule has 1 amide bonds. The Bertz CT molecular complexity index is 760. The molecule has 0 saturated heterocycles. The maximum Gasteiger partial charge on any atom is 0.312 e.